The van der Waals surface area contributed by atoms with Crippen LogP contribution in [0.3, 0.4) is 0 Å². The fourth-order valence-electron chi connectivity index (χ4n) is 11.4. The number of rotatable bonds is 28. The Kier molecular flexibility index (Phi) is 17.6. The van der Waals surface area contributed by atoms with Crippen molar-refractivity contribution in [2.45, 2.75) is 218 Å². The standard InChI is InChI=1S/C52H72I2N4S2/c1-5-9-13-17-21-25-29-51(30-26-22-18-14-10-6-2)39-33-38-40(34-37(39)45-41(51)35-43(53)47-49(45)57-59-55-47)52(31-27-23-19-15-11-7-3,32-28-24-20-16-12-8-4)42-36-44(54)48-50(46(38)42)58-60-56-48/h33-36H,5-32H2,1-4H3. The minimum absolute atomic E-state index is 0.0282. The highest BCUT2D eigenvalue weighted by Crippen LogP contribution is 2.63. The summed E-state index contributed by atoms with van der Waals surface area (Å²) >= 11 is 7.96. The molecule has 0 saturated carbocycles. The van der Waals surface area contributed by atoms with E-state index in [4.69, 9.17) is 17.5 Å². The first-order chi connectivity index (χ1) is 29.5. The fourth-order valence-corrected chi connectivity index (χ4v) is 14.2. The predicted molar refractivity (Wildman–Crippen MR) is 278 cm³/mol. The summed E-state index contributed by atoms with van der Waals surface area (Å²) in [7, 11) is 0. The van der Waals surface area contributed by atoms with Crippen LogP contribution in [-0.4, -0.2) is 17.5 Å². The van der Waals surface area contributed by atoms with Crippen molar-refractivity contribution in [1.82, 2.24) is 17.5 Å². The Hall–Kier alpha value is -1.24. The first kappa shape index (κ1) is 46.7. The first-order valence-electron chi connectivity index (χ1n) is 24.6. The third-order valence-corrected chi connectivity index (χ3v) is 17.3. The van der Waals surface area contributed by atoms with Crippen LogP contribution in [0.4, 0.5) is 0 Å². The zero-order chi connectivity index (χ0) is 42.0. The van der Waals surface area contributed by atoms with Gasteiger partial charge in [0.15, 0.2) is 0 Å². The van der Waals surface area contributed by atoms with Crippen LogP contribution in [0, 0.1) is 7.14 Å². The van der Waals surface area contributed by atoms with Crippen molar-refractivity contribution >= 4 is 90.7 Å². The Morgan fingerprint density at radius 2 is 0.650 bits per heavy atom. The molecule has 4 nitrogen and oxygen atoms in total. The second-order valence-corrected chi connectivity index (χ2v) is 22.0. The number of fused-ring (bicyclic) bond motifs is 10. The number of halogens is 2. The van der Waals surface area contributed by atoms with E-state index in [1.807, 2.05) is 0 Å². The van der Waals surface area contributed by atoms with Gasteiger partial charge < -0.3 is 0 Å². The molecule has 2 aliphatic carbocycles. The molecule has 0 bridgehead atoms. The zero-order valence-corrected chi connectivity index (χ0v) is 43.4. The Morgan fingerprint density at radius 1 is 0.367 bits per heavy atom. The molecule has 0 fully saturated rings. The highest BCUT2D eigenvalue weighted by atomic mass is 127. The molecular formula is C52H72I2N4S2. The Bertz CT molecular complexity index is 1970. The van der Waals surface area contributed by atoms with E-state index in [0.717, 1.165) is 22.1 Å². The van der Waals surface area contributed by atoms with Gasteiger partial charge in [-0.2, -0.15) is 17.5 Å². The molecule has 0 saturated heterocycles. The summed E-state index contributed by atoms with van der Waals surface area (Å²) in [5, 5.41) is 0. The van der Waals surface area contributed by atoms with Gasteiger partial charge in [-0.3, -0.25) is 0 Å². The second kappa shape index (κ2) is 22.6. The number of hydrogen-bond acceptors (Lipinski definition) is 6. The molecule has 0 N–H and O–H groups in total. The summed E-state index contributed by atoms with van der Waals surface area (Å²) in [6.07, 6.45) is 36.6. The molecule has 0 unspecified atom stereocenters. The van der Waals surface area contributed by atoms with Crippen molar-refractivity contribution in [1.29, 1.82) is 0 Å². The number of unbranched alkanes of at least 4 members (excludes halogenated alkanes) is 20. The zero-order valence-electron chi connectivity index (χ0n) is 37.5. The van der Waals surface area contributed by atoms with Crippen LogP contribution in [0.25, 0.3) is 44.3 Å². The molecular weight excluding hydrogens is 999 g/mol. The highest BCUT2D eigenvalue weighted by Gasteiger charge is 2.49. The lowest BCUT2D eigenvalue weighted by atomic mass is 9.68. The molecule has 2 aliphatic rings. The van der Waals surface area contributed by atoms with Gasteiger partial charge in [0.2, 0.25) is 0 Å². The minimum atomic E-state index is -0.0282. The first-order valence-corrected chi connectivity index (χ1v) is 28.2. The smallest absolute Gasteiger partial charge is 0.118 e. The molecule has 7 rings (SSSR count). The lowest BCUT2D eigenvalue weighted by molar-refractivity contribution is 0.394. The van der Waals surface area contributed by atoms with E-state index in [9.17, 15) is 0 Å². The molecule has 0 amide bonds. The van der Waals surface area contributed by atoms with E-state index in [1.54, 1.807) is 22.3 Å². The summed E-state index contributed by atoms with van der Waals surface area (Å²) in [5.41, 5.74) is 16.4. The molecule has 5 aromatic rings. The second-order valence-electron chi connectivity index (χ2n) is 18.7. The van der Waals surface area contributed by atoms with Gasteiger partial charge in [0.25, 0.3) is 0 Å². The lowest BCUT2D eigenvalue weighted by Crippen LogP contribution is -2.27. The molecule has 2 heterocycles. The Labute approximate surface area is 399 Å². The Balaban J connectivity index is 1.41. The van der Waals surface area contributed by atoms with Crippen LogP contribution in [0.2, 0.25) is 0 Å². The molecule has 0 aliphatic heterocycles. The van der Waals surface area contributed by atoms with Gasteiger partial charge in [-0.25, -0.2) is 0 Å². The van der Waals surface area contributed by atoms with Gasteiger partial charge in [-0.1, -0.05) is 182 Å². The normalized spacial score (nSPS) is 14.6. The maximum Gasteiger partial charge on any atom is 0.118 e. The van der Waals surface area contributed by atoms with Gasteiger partial charge in [0.1, 0.15) is 22.1 Å². The number of aromatic nitrogens is 4. The number of benzene rings is 3. The maximum atomic E-state index is 5.17. The highest BCUT2D eigenvalue weighted by molar-refractivity contribution is 14.1. The van der Waals surface area contributed by atoms with Crippen LogP contribution < -0.4 is 0 Å². The maximum absolute atomic E-state index is 5.17. The van der Waals surface area contributed by atoms with Crippen LogP contribution in [0.5, 0.6) is 0 Å². The van der Waals surface area contributed by atoms with E-state index in [2.05, 4.69) is 97.1 Å². The van der Waals surface area contributed by atoms with E-state index >= 15 is 0 Å². The fraction of sp³-hybridized carbons (Fsp3) is 0.654. The van der Waals surface area contributed by atoms with E-state index in [-0.39, 0.29) is 10.8 Å². The molecule has 3 aromatic carbocycles. The van der Waals surface area contributed by atoms with E-state index < -0.39 is 0 Å². The average molecular weight is 1070 g/mol. The van der Waals surface area contributed by atoms with Crippen molar-refractivity contribution in [3.8, 4) is 22.3 Å². The van der Waals surface area contributed by atoms with Crippen molar-refractivity contribution in [3.05, 3.63) is 53.7 Å². The predicted octanol–water partition coefficient (Wildman–Crippen LogP) is 18.4. The van der Waals surface area contributed by atoms with Crippen molar-refractivity contribution < 1.29 is 0 Å². The van der Waals surface area contributed by atoms with Crippen LogP contribution in [0.1, 0.15) is 230 Å². The van der Waals surface area contributed by atoms with Crippen LogP contribution >= 0.6 is 68.6 Å². The van der Waals surface area contributed by atoms with Crippen LogP contribution in [-0.2, 0) is 10.8 Å². The minimum Gasteiger partial charge on any atom is -0.172 e. The molecule has 0 spiro atoms. The van der Waals surface area contributed by atoms with Gasteiger partial charge in [0.05, 0.1) is 23.5 Å². The quantitative estimate of drug-likeness (QED) is 0.0370. The SMILES string of the molecule is CCCCCCCCC1(CCCCCCCC)c2cc3c(cc2-c2c1cc(I)c1nsnc21)C(CCCCCCCC)(CCCCCCCC)c1cc(I)c2nsnc2c1-3. The van der Waals surface area contributed by atoms with E-state index in [0.29, 0.717) is 0 Å². The van der Waals surface area contributed by atoms with Gasteiger partial charge >= 0.3 is 0 Å². The third-order valence-electron chi connectivity index (χ3n) is 14.6. The lowest BCUT2D eigenvalue weighted by Gasteiger charge is -2.35. The largest absolute Gasteiger partial charge is 0.172 e. The Morgan fingerprint density at radius 3 is 0.967 bits per heavy atom. The summed E-state index contributed by atoms with van der Waals surface area (Å²) in [4.78, 5) is 0. The van der Waals surface area contributed by atoms with Gasteiger partial charge in [-0.15, -0.1) is 0 Å². The summed E-state index contributed by atoms with van der Waals surface area (Å²) in [6, 6.07) is 10.6. The molecule has 8 heteroatoms. The summed E-state index contributed by atoms with van der Waals surface area (Å²) in [5.74, 6) is 0. The summed E-state index contributed by atoms with van der Waals surface area (Å²) < 4.78 is 22.8. The topological polar surface area (TPSA) is 51.6 Å². The van der Waals surface area contributed by atoms with Gasteiger partial charge in [-0.05, 0) is 129 Å². The average Bonchev–Trinajstić information content (AvgIpc) is 4.04. The van der Waals surface area contributed by atoms with Crippen molar-refractivity contribution in [2.75, 3.05) is 0 Å². The molecule has 0 atom stereocenters. The molecule has 326 valence electrons. The monoisotopic (exact) mass is 1070 g/mol. The van der Waals surface area contributed by atoms with Crippen molar-refractivity contribution in [3.63, 3.8) is 0 Å². The summed E-state index contributed by atoms with van der Waals surface area (Å²) in [6.45, 7) is 9.34. The molecule has 2 aromatic heterocycles. The van der Waals surface area contributed by atoms with E-state index in [1.165, 1.54) is 233 Å². The molecule has 0 radical (unpaired) electrons. The van der Waals surface area contributed by atoms with Crippen LogP contribution in [0.15, 0.2) is 24.3 Å². The van der Waals surface area contributed by atoms with Crippen molar-refractivity contribution in [2.24, 2.45) is 0 Å². The number of nitrogens with zero attached hydrogens (tertiary/aromatic N) is 4. The van der Waals surface area contributed by atoms with Gasteiger partial charge in [0, 0.05) is 29.1 Å². The third kappa shape index (κ3) is 9.72. The number of hydrogen-bond donors (Lipinski definition) is 0. The molecule has 60 heavy (non-hydrogen) atoms.